The second-order valence-corrected chi connectivity index (χ2v) is 4.17. The van der Waals surface area contributed by atoms with Crippen molar-refractivity contribution in [2.75, 3.05) is 0 Å². The number of rotatable bonds is 4. The Morgan fingerprint density at radius 2 is 1.92 bits per heavy atom. The van der Waals surface area contributed by atoms with E-state index < -0.39 is 6.29 Å². The van der Waals surface area contributed by atoms with E-state index in [0.717, 1.165) is 19.3 Å². The summed E-state index contributed by atoms with van der Waals surface area (Å²) in [6, 6.07) is 0. The summed E-state index contributed by atoms with van der Waals surface area (Å²) in [7, 11) is 0. The Morgan fingerprint density at radius 3 is 2.46 bits per heavy atom. The average molecular weight is 186 g/mol. The maximum absolute atomic E-state index is 9.65. The summed E-state index contributed by atoms with van der Waals surface area (Å²) in [4.78, 5) is 0. The van der Waals surface area contributed by atoms with Crippen molar-refractivity contribution in [2.24, 2.45) is 5.92 Å². The molecule has 0 heterocycles. The number of aliphatic hydroxyl groups excluding tert-OH is 1. The molecule has 1 fully saturated rings. The molecule has 0 amide bonds. The van der Waals surface area contributed by atoms with E-state index in [-0.39, 0.29) is 5.92 Å². The molecule has 13 heavy (non-hydrogen) atoms. The van der Waals surface area contributed by atoms with E-state index >= 15 is 0 Å². The van der Waals surface area contributed by atoms with Gasteiger partial charge in [0.05, 0.1) is 6.10 Å². The van der Waals surface area contributed by atoms with Gasteiger partial charge in [0, 0.05) is 5.92 Å². The van der Waals surface area contributed by atoms with Gasteiger partial charge in [-0.15, -0.1) is 0 Å². The summed E-state index contributed by atoms with van der Waals surface area (Å²) in [5, 5.41) is 9.65. The summed E-state index contributed by atoms with van der Waals surface area (Å²) >= 11 is 0. The topological polar surface area (TPSA) is 29.5 Å². The van der Waals surface area contributed by atoms with Crippen molar-refractivity contribution in [1.29, 1.82) is 0 Å². The lowest BCUT2D eigenvalue weighted by atomic mass is 9.97. The third-order valence-electron chi connectivity index (χ3n) is 3.01. The zero-order chi connectivity index (χ0) is 9.68. The molecule has 1 N–H and O–H groups in total. The predicted molar refractivity (Wildman–Crippen MR) is 53.4 cm³/mol. The van der Waals surface area contributed by atoms with Crippen LogP contribution in [0, 0.1) is 5.92 Å². The molecule has 0 radical (unpaired) electrons. The standard InChI is InChI=1S/C11H22O2/c1-3-9(2)11(12)13-10-7-5-4-6-8-10/h9-12H,3-8H2,1-2H3. The van der Waals surface area contributed by atoms with Crippen LogP contribution >= 0.6 is 0 Å². The van der Waals surface area contributed by atoms with Crippen molar-refractivity contribution in [3.05, 3.63) is 0 Å². The zero-order valence-electron chi connectivity index (χ0n) is 8.83. The molecule has 1 saturated carbocycles. The van der Waals surface area contributed by atoms with Crippen LogP contribution in [0.2, 0.25) is 0 Å². The Bertz CT molecular complexity index is 130. The number of hydrogen-bond donors (Lipinski definition) is 1. The molecular weight excluding hydrogens is 164 g/mol. The molecule has 0 aromatic heterocycles. The number of hydrogen-bond acceptors (Lipinski definition) is 2. The molecule has 0 aliphatic heterocycles. The van der Waals surface area contributed by atoms with Crippen molar-refractivity contribution in [2.45, 2.75) is 64.8 Å². The molecule has 2 nitrogen and oxygen atoms in total. The highest BCUT2D eigenvalue weighted by molar-refractivity contribution is 4.66. The van der Waals surface area contributed by atoms with Crippen LogP contribution in [-0.2, 0) is 4.74 Å². The third-order valence-corrected chi connectivity index (χ3v) is 3.01. The van der Waals surface area contributed by atoms with E-state index in [0.29, 0.717) is 6.10 Å². The van der Waals surface area contributed by atoms with Gasteiger partial charge in [0.2, 0.25) is 0 Å². The van der Waals surface area contributed by atoms with Crippen LogP contribution in [0.5, 0.6) is 0 Å². The molecule has 0 saturated heterocycles. The van der Waals surface area contributed by atoms with E-state index in [1.54, 1.807) is 0 Å². The molecule has 1 aliphatic rings. The predicted octanol–water partition coefficient (Wildman–Crippen LogP) is 2.70. The van der Waals surface area contributed by atoms with E-state index in [9.17, 15) is 5.11 Å². The Hall–Kier alpha value is -0.0800. The smallest absolute Gasteiger partial charge is 0.157 e. The van der Waals surface area contributed by atoms with Gasteiger partial charge in [-0.2, -0.15) is 0 Å². The van der Waals surface area contributed by atoms with Gasteiger partial charge < -0.3 is 9.84 Å². The maximum atomic E-state index is 9.65. The fourth-order valence-electron chi connectivity index (χ4n) is 1.73. The first kappa shape index (κ1) is 11.0. The van der Waals surface area contributed by atoms with Crippen LogP contribution in [0.15, 0.2) is 0 Å². The molecule has 2 atom stereocenters. The SMILES string of the molecule is CCC(C)C(O)OC1CCCCC1. The quantitative estimate of drug-likeness (QED) is 0.684. The molecule has 78 valence electrons. The van der Waals surface area contributed by atoms with Crippen LogP contribution in [0.4, 0.5) is 0 Å². The van der Waals surface area contributed by atoms with Gasteiger partial charge >= 0.3 is 0 Å². The summed E-state index contributed by atoms with van der Waals surface area (Å²) in [5.74, 6) is 0.266. The van der Waals surface area contributed by atoms with Crippen molar-refractivity contribution in [1.82, 2.24) is 0 Å². The highest BCUT2D eigenvalue weighted by Gasteiger charge is 2.20. The zero-order valence-corrected chi connectivity index (χ0v) is 8.83. The van der Waals surface area contributed by atoms with Crippen molar-refractivity contribution >= 4 is 0 Å². The second-order valence-electron chi connectivity index (χ2n) is 4.17. The molecule has 0 spiro atoms. The monoisotopic (exact) mass is 186 g/mol. The highest BCUT2D eigenvalue weighted by Crippen LogP contribution is 2.23. The average Bonchev–Trinajstić information content (AvgIpc) is 2.18. The van der Waals surface area contributed by atoms with Gasteiger partial charge in [-0.1, -0.05) is 33.1 Å². The van der Waals surface area contributed by atoms with Gasteiger partial charge in [-0.05, 0) is 19.3 Å². The van der Waals surface area contributed by atoms with Crippen LogP contribution in [0.3, 0.4) is 0 Å². The first-order valence-corrected chi connectivity index (χ1v) is 5.57. The largest absolute Gasteiger partial charge is 0.368 e. The summed E-state index contributed by atoms with van der Waals surface area (Å²) < 4.78 is 5.60. The van der Waals surface area contributed by atoms with E-state index in [2.05, 4.69) is 6.92 Å². The molecule has 1 aliphatic carbocycles. The van der Waals surface area contributed by atoms with Gasteiger partial charge in [0.1, 0.15) is 0 Å². The lowest BCUT2D eigenvalue weighted by Gasteiger charge is -2.27. The van der Waals surface area contributed by atoms with E-state index in [1.807, 2.05) is 6.92 Å². The molecule has 2 unspecified atom stereocenters. The molecule has 0 bridgehead atoms. The van der Waals surface area contributed by atoms with Gasteiger partial charge in [-0.3, -0.25) is 0 Å². The minimum atomic E-state index is -0.548. The lowest BCUT2D eigenvalue weighted by Crippen LogP contribution is -2.28. The Balaban J connectivity index is 2.21. The fraction of sp³-hybridized carbons (Fsp3) is 1.00. The van der Waals surface area contributed by atoms with Crippen LogP contribution in [-0.4, -0.2) is 17.5 Å². The fourth-order valence-corrected chi connectivity index (χ4v) is 1.73. The minimum Gasteiger partial charge on any atom is -0.368 e. The number of aliphatic hydroxyl groups is 1. The first-order chi connectivity index (χ1) is 6.24. The van der Waals surface area contributed by atoms with Crippen molar-refractivity contribution in [3.8, 4) is 0 Å². The van der Waals surface area contributed by atoms with Crippen LogP contribution < -0.4 is 0 Å². The van der Waals surface area contributed by atoms with Crippen LogP contribution in [0.1, 0.15) is 52.4 Å². The first-order valence-electron chi connectivity index (χ1n) is 5.57. The van der Waals surface area contributed by atoms with Crippen molar-refractivity contribution in [3.63, 3.8) is 0 Å². The molecule has 0 aromatic rings. The van der Waals surface area contributed by atoms with Crippen LogP contribution in [0.25, 0.3) is 0 Å². The van der Waals surface area contributed by atoms with Crippen molar-refractivity contribution < 1.29 is 9.84 Å². The normalized spacial score (nSPS) is 24.2. The van der Waals surface area contributed by atoms with E-state index in [1.165, 1.54) is 19.3 Å². The maximum Gasteiger partial charge on any atom is 0.157 e. The summed E-state index contributed by atoms with van der Waals surface area (Å²) in [5.41, 5.74) is 0. The van der Waals surface area contributed by atoms with E-state index in [4.69, 9.17) is 4.74 Å². The molecular formula is C11H22O2. The highest BCUT2D eigenvalue weighted by atomic mass is 16.6. The Kier molecular flexibility index (Phi) is 4.74. The third kappa shape index (κ3) is 3.65. The molecule has 0 aromatic carbocycles. The van der Waals surface area contributed by atoms with Gasteiger partial charge in [0.15, 0.2) is 6.29 Å². The number of ether oxygens (including phenoxy) is 1. The summed E-state index contributed by atoms with van der Waals surface area (Å²) in [6.07, 6.45) is 6.87. The van der Waals surface area contributed by atoms with Gasteiger partial charge in [0.25, 0.3) is 0 Å². The summed E-state index contributed by atoms with van der Waals surface area (Å²) in [6.45, 7) is 4.12. The Morgan fingerprint density at radius 1 is 1.31 bits per heavy atom. The molecule has 1 rings (SSSR count). The molecule has 2 heteroatoms. The minimum absolute atomic E-state index is 0.266. The Labute approximate surface area is 81.3 Å². The second kappa shape index (κ2) is 5.61. The van der Waals surface area contributed by atoms with Gasteiger partial charge in [-0.25, -0.2) is 0 Å². The lowest BCUT2D eigenvalue weighted by molar-refractivity contribution is -0.169.